The van der Waals surface area contributed by atoms with Crippen LogP contribution in [0, 0.1) is 17.2 Å². The fraction of sp³-hybridized carbons (Fsp3) is 0.667. The van der Waals surface area contributed by atoms with Gasteiger partial charge in [-0.2, -0.15) is 0 Å². The molecule has 3 N–H and O–H groups in total. The van der Waals surface area contributed by atoms with Crippen LogP contribution in [0.3, 0.4) is 0 Å². The van der Waals surface area contributed by atoms with E-state index >= 15 is 0 Å². The minimum absolute atomic E-state index is 0.00510. The summed E-state index contributed by atoms with van der Waals surface area (Å²) in [5, 5.41) is 21.2. The van der Waals surface area contributed by atoms with Gasteiger partial charge in [0.05, 0.1) is 16.5 Å². The summed E-state index contributed by atoms with van der Waals surface area (Å²) in [5.41, 5.74) is 0.166. The Morgan fingerprint density at radius 3 is 2.42 bits per heavy atom. The first-order valence-electron chi connectivity index (χ1n) is 14.6. The highest BCUT2D eigenvalue weighted by Crippen LogP contribution is 2.30. The van der Waals surface area contributed by atoms with Crippen LogP contribution in [0.4, 0.5) is 0 Å². The molecule has 0 radical (unpaired) electrons. The third-order valence-corrected chi connectivity index (χ3v) is 8.68. The highest BCUT2D eigenvalue weighted by atomic mass is 35.5. The number of carboxylic acid groups (broad SMARTS) is 1. The number of benzene rings is 1. The van der Waals surface area contributed by atoms with Crippen LogP contribution >= 0.6 is 11.6 Å². The van der Waals surface area contributed by atoms with Gasteiger partial charge in [-0.15, -0.1) is 0 Å². The molecular formula is C30H46ClN5O4. The van der Waals surface area contributed by atoms with E-state index in [1.807, 2.05) is 23.6 Å². The molecule has 2 fully saturated rings. The minimum Gasteiger partial charge on any atom is -0.481 e. The van der Waals surface area contributed by atoms with E-state index in [1.165, 1.54) is 0 Å². The standard InChI is InChI=1S/C30H46ClN5O4/c1-5-6-8-24(29(40)36-15-11-21(12-16-36)19-26(37)38)30(2,3)33-28(39)23-10-9-22(20-25(23)31)27(32)35-14-7-13-34(4)17-18-35/h9-10,20-21,24,32H,5-8,11-19H2,1-4H3,(H,33,39)(H,37,38). The summed E-state index contributed by atoms with van der Waals surface area (Å²) in [6, 6.07) is 5.12. The maximum Gasteiger partial charge on any atom is 0.303 e. The number of likely N-dealkylation sites (tertiary alicyclic amines) is 1. The molecule has 10 heteroatoms. The average molecular weight is 576 g/mol. The van der Waals surface area contributed by atoms with Crippen molar-refractivity contribution in [2.24, 2.45) is 11.8 Å². The van der Waals surface area contributed by atoms with Crippen LogP contribution in [-0.4, -0.2) is 95.3 Å². The smallest absolute Gasteiger partial charge is 0.303 e. The average Bonchev–Trinajstić information content (AvgIpc) is 3.12. The van der Waals surface area contributed by atoms with Crippen LogP contribution in [0.15, 0.2) is 18.2 Å². The minimum atomic E-state index is -0.825. The summed E-state index contributed by atoms with van der Waals surface area (Å²) in [5.74, 6) is -1.06. The lowest BCUT2D eigenvalue weighted by Crippen LogP contribution is -2.55. The van der Waals surface area contributed by atoms with Crippen LogP contribution in [0.25, 0.3) is 0 Å². The Balaban J connectivity index is 1.69. The number of aliphatic carboxylic acids is 1. The zero-order valence-electron chi connectivity index (χ0n) is 24.5. The first-order chi connectivity index (χ1) is 18.9. The van der Waals surface area contributed by atoms with E-state index in [1.54, 1.807) is 18.2 Å². The number of halogens is 1. The molecular weight excluding hydrogens is 530 g/mol. The fourth-order valence-electron chi connectivity index (χ4n) is 5.77. The number of carbonyl (C=O) groups is 3. The predicted octanol–water partition coefficient (Wildman–Crippen LogP) is 4.33. The number of likely N-dealkylation sites (N-methyl/N-ethyl adjacent to an activating group) is 1. The Morgan fingerprint density at radius 1 is 1.10 bits per heavy atom. The molecule has 1 atom stereocenters. The maximum absolute atomic E-state index is 13.7. The molecule has 2 saturated heterocycles. The third-order valence-electron chi connectivity index (χ3n) is 8.36. The SMILES string of the molecule is CCCCC(C(=O)N1CCC(CC(=O)O)CC1)C(C)(C)NC(=O)c1ccc(C(=N)N2CCCN(C)CC2)cc1Cl. The summed E-state index contributed by atoms with van der Waals surface area (Å²) in [4.78, 5) is 44.3. The van der Waals surface area contributed by atoms with Gasteiger partial charge in [0, 0.05) is 50.2 Å². The Morgan fingerprint density at radius 2 is 1.80 bits per heavy atom. The van der Waals surface area contributed by atoms with Crippen LogP contribution in [0.2, 0.25) is 5.02 Å². The summed E-state index contributed by atoms with van der Waals surface area (Å²) in [7, 11) is 2.09. The molecule has 2 aliphatic rings. The number of carboxylic acids is 1. The van der Waals surface area contributed by atoms with Gasteiger partial charge in [0.25, 0.3) is 5.91 Å². The Bertz CT molecular complexity index is 1070. The van der Waals surface area contributed by atoms with E-state index in [9.17, 15) is 14.4 Å². The molecule has 2 amide bonds. The molecule has 0 aliphatic carbocycles. The van der Waals surface area contributed by atoms with Gasteiger partial charge in [0.1, 0.15) is 5.84 Å². The second kappa shape index (κ2) is 14.3. The molecule has 0 aromatic heterocycles. The van der Waals surface area contributed by atoms with E-state index in [-0.39, 0.29) is 29.2 Å². The maximum atomic E-state index is 13.7. The van der Waals surface area contributed by atoms with Crippen molar-refractivity contribution < 1.29 is 19.5 Å². The summed E-state index contributed by atoms with van der Waals surface area (Å²) in [6.07, 6.45) is 4.91. The van der Waals surface area contributed by atoms with Crippen molar-refractivity contribution in [3.63, 3.8) is 0 Å². The number of rotatable bonds is 10. The molecule has 1 aromatic carbocycles. The highest BCUT2D eigenvalue weighted by molar-refractivity contribution is 6.34. The van der Waals surface area contributed by atoms with E-state index in [0.717, 1.165) is 45.4 Å². The number of nitrogens with one attached hydrogen (secondary N) is 2. The van der Waals surface area contributed by atoms with Crippen LogP contribution < -0.4 is 5.32 Å². The zero-order valence-corrected chi connectivity index (χ0v) is 25.2. The van der Waals surface area contributed by atoms with Gasteiger partial charge in [-0.05, 0) is 71.2 Å². The Labute approximate surface area is 243 Å². The molecule has 9 nitrogen and oxygen atoms in total. The highest BCUT2D eigenvalue weighted by Gasteiger charge is 2.39. The van der Waals surface area contributed by atoms with Gasteiger partial charge in [0.15, 0.2) is 0 Å². The van der Waals surface area contributed by atoms with Gasteiger partial charge in [0.2, 0.25) is 5.91 Å². The molecule has 1 unspecified atom stereocenters. The Hall–Kier alpha value is -2.65. The van der Waals surface area contributed by atoms with E-state index in [0.29, 0.717) is 49.3 Å². The van der Waals surface area contributed by atoms with Gasteiger partial charge in [-0.3, -0.25) is 19.8 Å². The van der Waals surface area contributed by atoms with E-state index in [2.05, 4.69) is 24.2 Å². The number of hydrogen-bond acceptors (Lipinski definition) is 5. The summed E-state index contributed by atoms with van der Waals surface area (Å²) in [6.45, 7) is 10.4. The van der Waals surface area contributed by atoms with Crippen molar-refractivity contribution in [1.29, 1.82) is 5.41 Å². The zero-order chi connectivity index (χ0) is 29.4. The van der Waals surface area contributed by atoms with Crippen molar-refractivity contribution in [1.82, 2.24) is 20.0 Å². The summed E-state index contributed by atoms with van der Waals surface area (Å²) < 4.78 is 0. The quantitative estimate of drug-likeness (QED) is 0.282. The third kappa shape index (κ3) is 8.43. The van der Waals surface area contributed by atoms with Crippen molar-refractivity contribution in [3.05, 3.63) is 34.3 Å². The van der Waals surface area contributed by atoms with Gasteiger partial charge in [-0.25, -0.2) is 0 Å². The molecule has 0 saturated carbocycles. The molecule has 0 spiro atoms. The topological polar surface area (TPSA) is 117 Å². The Kier molecular flexibility index (Phi) is 11.4. The number of amidine groups is 1. The van der Waals surface area contributed by atoms with Crippen LogP contribution in [-0.2, 0) is 9.59 Å². The van der Waals surface area contributed by atoms with E-state index in [4.69, 9.17) is 22.1 Å². The van der Waals surface area contributed by atoms with Crippen molar-refractivity contribution in [2.75, 3.05) is 46.3 Å². The normalized spacial score (nSPS) is 18.2. The molecule has 2 aliphatic heterocycles. The van der Waals surface area contributed by atoms with Crippen LogP contribution in [0.1, 0.15) is 81.6 Å². The van der Waals surface area contributed by atoms with Crippen LogP contribution in [0.5, 0.6) is 0 Å². The van der Waals surface area contributed by atoms with Gasteiger partial charge in [-0.1, -0.05) is 37.4 Å². The molecule has 222 valence electrons. The van der Waals surface area contributed by atoms with Crippen molar-refractivity contribution in [2.45, 2.75) is 71.3 Å². The number of carbonyl (C=O) groups excluding carboxylic acids is 2. The molecule has 3 rings (SSSR count). The van der Waals surface area contributed by atoms with E-state index < -0.39 is 17.4 Å². The molecule has 40 heavy (non-hydrogen) atoms. The second-order valence-corrected chi connectivity index (χ2v) is 12.3. The van der Waals surface area contributed by atoms with Gasteiger partial charge < -0.3 is 25.1 Å². The molecule has 2 heterocycles. The summed E-state index contributed by atoms with van der Waals surface area (Å²) >= 11 is 6.59. The number of unbranched alkanes of at least 4 members (excludes halogenated alkanes) is 1. The lowest BCUT2D eigenvalue weighted by atomic mass is 9.81. The molecule has 0 bridgehead atoms. The largest absolute Gasteiger partial charge is 0.481 e. The number of nitrogens with zero attached hydrogens (tertiary/aromatic N) is 3. The fourth-order valence-corrected chi connectivity index (χ4v) is 6.04. The first kappa shape index (κ1) is 31.9. The second-order valence-electron chi connectivity index (χ2n) is 11.9. The first-order valence-corrected chi connectivity index (χ1v) is 15.0. The number of piperidine rings is 1. The van der Waals surface area contributed by atoms with Crippen molar-refractivity contribution >= 4 is 35.2 Å². The number of hydrogen-bond donors (Lipinski definition) is 3. The molecule has 1 aromatic rings. The monoisotopic (exact) mass is 575 g/mol. The van der Waals surface area contributed by atoms with Gasteiger partial charge >= 0.3 is 5.97 Å². The predicted molar refractivity (Wildman–Crippen MR) is 158 cm³/mol. The van der Waals surface area contributed by atoms with Crippen molar-refractivity contribution in [3.8, 4) is 0 Å². The lowest BCUT2D eigenvalue weighted by Gasteiger charge is -2.40. The number of amides is 2. The lowest BCUT2D eigenvalue weighted by molar-refractivity contribution is -0.140.